The molecule has 0 radical (unpaired) electrons. The maximum absolute atomic E-state index is 13.4. The fourth-order valence-electron chi connectivity index (χ4n) is 5.20. The minimum Gasteiger partial charge on any atom is -0.505 e. The van der Waals surface area contributed by atoms with Gasteiger partial charge in [-0.2, -0.15) is 0 Å². The molecule has 0 bridgehead atoms. The van der Waals surface area contributed by atoms with Crippen molar-refractivity contribution in [2.75, 3.05) is 18.0 Å². The predicted molar refractivity (Wildman–Crippen MR) is 154 cm³/mol. The number of nitrogens with zero attached hydrogens (tertiary/aromatic N) is 2. The van der Waals surface area contributed by atoms with E-state index in [1.807, 2.05) is 48.5 Å². The van der Waals surface area contributed by atoms with Crippen LogP contribution in [0.3, 0.4) is 0 Å². The van der Waals surface area contributed by atoms with Crippen molar-refractivity contribution in [3.05, 3.63) is 96.1 Å². The Hall–Kier alpha value is -4.13. The number of para-hydroxylation sites is 1. The molecule has 0 aliphatic carbocycles. The zero-order valence-electron chi connectivity index (χ0n) is 21.7. The summed E-state index contributed by atoms with van der Waals surface area (Å²) in [5, 5.41) is 3.86. The SMILES string of the molecule is CCN(CC)c1ccc2cc(/C(=C/C(=O)c3ccc4c(c3)c3ccccc3n4CC)OB(F)F)ccc2c1. The van der Waals surface area contributed by atoms with E-state index in [1.54, 1.807) is 18.2 Å². The van der Waals surface area contributed by atoms with Crippen LogP contribution in [0, 0.1) is 0 Å². The Balaban J connectivity index is 1.54. The van der Waals surface area contributed by atoms with E-state index in [9.17, 15) is 13.4 Å². The molecule has 5 rings (SSSR count). The fraction of sp³-hybridized carbons (Fsp3) is 0.194. The first-order valence-corrected chi connectivity index (χ1v) is 12.9. The minimum atomic E-state index is -3.06. The van der Waals surface area contributed by atoms with Crippen molar-refractivity contribution in [1.82, 2.24) is 4.57 Å². The lowest BCUT2D eigenvalue weighted by atomic mass is 10.0. The molecule has 1 heterocycles. The zero-order valence-corrected chi connectivity index (χ0v) is 21.7. The number of benzene rings is 4. The molecular weight excluding hydrogens is 481 g/mol. The summed E-state index contributed by atoms with van der Waals surface area (Å²) in [5.74, 6) is -0.552. The van der Waals surface area contributed by atoms with Gasteiger partial charge in [0.05, 0.1) is 0 Å². The first kappa shape index (κ1) is 25.5. The minimum absolute atomic E-state index is 0.157. The zero-order chi connectivity index (χ0) is 26.8. The second-order valence-corrected chi connectivity index (χ2v) is 9.16. The molecule has 0 spiro atoms. The van der Waals surface area contributed by atoms with Crippen molar-refractivity contribution in [3.8, 4) is 0 Å². The lowest BCUT2D eigenvalue weighted by molar-refractivity contribution is 0.104. The molecule has 192 valence electrons. The van der Waals surface area contributed by atoms with Gasteiger partial charge in [0, 0.05) is 64.3 Å². The van der Waals surface area contributed by atoms with Gasteiger partial charge in [-0.05, 0) is 74.0 Å². The Morgan fingerprint density at radius 2 is 1.53 bits per heavy atom. The van der Waals surface area contributed by atoms with E-state index in [-0.39, 0.29) is 5.76 Å². The summed E-state index contributed by atoms with van der Waals surface area (Å²) in [6, 6.07) is 25.0. The highest BCUT2D eigenvalue weighted by Gasteiger charge is 2.22. The number of carbonyl (C=O) groups excluding carboxylic acids is 1. The molecule has 0 atom stereocenters. The number of carbonyl (C=O) groups is 1. The molecular formula is C31H29BF2N2O2. The molecule has 7 heteroatoms. The molecule has 0 aliphatic heterocycles. The summed E-state index contributed by atoms with van der Waals surface area (Å²) in [6.45, 7) is 8.86. The largest absolute Gasteiger partial charge is 0.796 e. The van der Waals surface area contributed by atoms with Crippen molar-refractivity contribution >= 4 is 57.3 Å². The number of hydrogen-bond acceptors (Lipinski definition) is 3. The van der Waals surface area contributed by atoms with Crippen LogP contribution in [-0.4, -0.2) is 30.9 Å². The third kappa shape index (κ3) is 4.76. The Kier molecular flexibility index (Phi) is 7.19. The van der Waals surface area contributed by atoms with Crippen molar-refractivity contribution in [2.24, 2.45) is 0 Å². The molecule has 1 aromatic heterocycles. The summed E-state index contributed by atoms with van der Waals surface area (Å²) in [6.07, 6.45) is 1.16. The summed E-state index contributed by atoms with van der Waals surface area (Å²) in [7, 11) is -3.06. The van der Waals surface area contributed by atoms with Gasteiger partial charge in [-0.1, -0.05) is 36.4 Å². The monoisotopic (exact) mass is 510 g/mol. The third-order valence-electron chi connectivity index (χ3n) is 7.09. The first-order valence-electron chi connectivity index (χ1n) is 12.9. The van der Waals surface area contributed by atoms with Crippen LogP contribution in [0.1, 0.15) is 36.7 Å². The van der Waals surface area contributed by atoms with Crippen molar-refractivity contribution in [3.63, 3.8) is 0 Å². The van der Waals surface area contributed by atoms with Gasteiger partial charge in [-0.3, -0.25) is 4.79 Å². The van der Waals surface area contributed by atoms with E-state index in [0.29, 0.717) is 11.1 Å². The van der Waals surface area contributed by atoms with E-state index in [0.717, 1.165) is 64.0 Å². The van der Waals surface area contributed by atoms with Crippen LogP contribution < -0.4 is 4.90 Å². The lowest BCUT2D eigenvalue weighted by Crippen LogP contribution is -2.21. The molecule has 5 aromatic rings. The maximum atomic E-state index is 13.4. The van der Waals surface area contributed by atoms with Gasteiger partial charge in [0.15, 0.2) is 5.78 Å². The summed E-state index contributed by atoms with van der Waals surface area (Å²) >= 11 is 0. The molecule has 4 aromatic carbocycles. The van der Waals surface area contributed by atoms with Crippen LogP contribution in [0.25, 0.3) is 38.3 Å². The molecule has 0 N–H and O–H groups in total. The summed E-state index contributed by atoms with van der Waals surface area (Å²) in [5.41, 5.74) is 4.05. The van der Waals surface area contributed by atoms with Gasteiger partial charge in [0.2, 0.25) is 0 Å². The number of aryl methyl sites for hydroxylation is 1. The number of fused-ring (bicyclic) bond motifs is 4. The highest BCUT2D eigenvalue weighted by atomic mass is 19.2. The van der Waals surface area contributed by atoms with E-state index in [4.69, 9.17) is 4.65 Å². The Morgan fingerprint density at radius 3 is 2.26 bits per heavy atom. The average molecular weight is 510 g/mol. The predicted octanol–water partition coefficient (Wildman–Crippen LogP) is 7.98. The Labute approximate surface area is 221 Å². The molecule has 0 fully saturated rings. The second kappa shape index (κ2) is 10.7. The van der Waals surface area contributed by atoms with Gasteiger partial charge < -0.3 is 14.1 Å². The fourth-order valence-corrected chi connectivity index (χ4v) is 5.20. The van der Waals surface area contributed by atoms with Crippen molar-refractivity contribution in [1.29, 1.82) is 0 Å². The van der Waals surface area contributed by atoms with Gasteiger partial charge in [0.25, 0.3) is 0 Å². The third-order valence-corrected chi connectivity index (χ3v) is 7.09. The molecule has 38 heavy (non-hydrogen) atoms. The van der Waals surface area contributed by atoms with Gasteiger partial charge in [-0.25, -0.2) is 8.63 Å². The summed E-state index contributed by atoms with van der Waals surface area (Å²) in [4.78, 5) is 15.5. The van der Waals surface area contributed by atoms with Gasteiger partial charge in [0.1, 0.15) is 5.76 Å². The number of aromatic nitrogens is 1. The standard InChI is InChI=1S/C31H29BF2N2O2/c1-4-35(5-2)25-15-13-21-17-24(12-11-22(21)18-25)31(38-32(33)34)20-30(37)23-14-16-29-27(19-23)26-9-7-8-10-28(26)36(29)6-3/h7-20H,4-6H2,1-3H3/b31-20-. The number of anilines is 1. The second-order valence-electron chi connectivity index (χ2n) is 9.16. The number of ketones is 1. The quantitative estimate of drug-likeness (QED) is 0.0873. The number of rotatable bonds is 9. The van der Waals surface area contributed by atoms with Crippen LogP contribution in [0.2, 0.25) is 0 Å². The van der Waals surface area contributed by atoms with E-state index in [2.05, 4.69) is 42.4 Å². The van der Waals surface area contributed by atoms with Crippen LogP contribution in [-0.2, 0) is 11.2 Å². The molecule has 0 amide bonds. The normalized spacial score (nSPS) is 11.9. The van der Waals surface area contributed by atoms with Crippen LogP contribution in [0.4, 0.5) is 14.3 Å². The topological polar surface area (TPSA) is 34.5 Å². The summed E-state index contributed by atoms with van der Waals surface area (Å²) < 4.78 is 33.8. The van der Waals surface area contributed by atoms with Crippen LogP contribution in [0.5, 0.6) is 0 Å². The smallest absolute Gasteiger partial charge is 0.505 e. The van der Waals surface area contributed by atoms with E-state index < -0.39 is 13.3 Å². The van der Waals surface area contributed by atoms with Crippen LogP contribution >= 0.6 is 0 Å². The molecule has 0 aliphatic rings. The first-order chi connectivity index (χ1) is 18.4. The highest BCUT2D eigenvalue weighted by Crippen LogP contribution is 2.31. The molecule has 4 nitrogen and oxygen atoms in total. The van der Waals surface area contributed by atoms with Crippen LogP contribution in [0.15, 0.2) is 84.9 Å². The molecule has 0 unspecified atom stereocenters. The Bertz CT molecular complexity index is 1670. The van der Waals surface area contributed by atoms with Crippen molar-refractivity contribution in [2.45, 2.75) is 27.3 Å². The maximum Gasteiger partial charge on any atom is 0.796 e. The number of allylic oxidation sites excluding steroid dienone is 1. The van der Waals surface area contributed by atoms with Crippen molar-refractivity contribution < 1.29 is 18.1 Å². The average Bonchev–Trinajstić information content (AvgIpc) is 3.25. The number of halogens is 2. The Morgan fingerprint density at radius 1 is 0.842 bits per heavy atom. The number of hydrogen-bond donors (Lipinski definition) is 0. The van der Waals surface area contributed by atoms with Gasteiger partial charge >= 0.3 is 7.47 Å². The lowest BCUT2D eigenvalue weighted by Gasteiger charge is -2.21. The molecule has 0 saturated carbocycles. The van der Waals surface area contributed by atoms with E-state index >= 15 is 0 Å². The van der Waals surface area contributed by atoms with Gasteiger partial charge in [-0.15, -0.1) is 0 Å². The van der Waals surface area contributed by atoms with E-state index in [1.165, 1.54) is 0 Å². The molecule has 0 saturated heterocycles. The highest BCUT2D eigenvalue weighted by molar-refractivity contribution is 6.36.